The second-order valence-electron chi connectivity index (χ2n) is 6.92. The van der Waals surface area contributed by atoms with Gasteiger partial charge < -0.3 is 4.98 Å². The monoisotopic (exact) mass is 444 g/mol. The predicted molar refractivity (Wildman–Crippen MR) is 134 cm³/mol. The first-order valence-electron chi connectivity index (χ1n) is 10.4. The Kier molecular flexibility index (Phi) is 11.4. The van der Waals surface area contributed by atoms with Crippen molar-refractivity contribution in [2.75, 3.05) is 0 Å². The van der Waals surface area contributed by atoms with Gasteiger partial charge in [0.25, 0.3) is 5.56 Å². The molecule has 0 saturated heterocycles. The molecule has 0 fully saturated rings. The summed E-state index contributed by atoms with van der Waals surface area (Å²) in [6.45, 7) is 16.3. The zero-order valence-corrected chi connectivity index (χ0v) is 20.5. The molecule has 0 aliphatic rings. The normalized spacial score (nSPS) is 12.8. The van der Waals surface area contributed by atoms with E-state index < -0.39 is 0 Å². The van der Waals surface area contributed by atoms with Crippen LogP contribution in [0.25, 0.3) is 16.1 Å². The van der Waals surface area contributed by atoms with Crippen LogP contribution in [0.3, 0.4) is 0 Å². The van der Waals surface area contributed by atoms with Gasteiger partial charge in [0.15, 0.2) is 0 Å². The van der Waals surface area contributed by atoms with Gasteiger partial charge in [0.05, 0.1) is 11.3 Å². The lowest BCUT2D eigenvalue weighted by molar-refractivity contribution is 0.900. The number of hydrogen-bond acceptors (Lipinski definition) is 3. The molecule has 2 rings (SSSR count). The van der Waals surface area contributed by atoms with E-state index >= 15 is 0 Å². The van der Waals surface area contributed by atoms with Crippen LogP contribution in [0.1, 0.15) is 64.5 Å². The van der Waals surface area contributed by atoms with Gasteiger partial charge >= 0.3 is 0 Å². The van der Waals surface area contributed by atoms with E-state index in [0.29, 0.717) is 10.6 Å². The Bertz CT molecular complexity index is 993. The van der Waals surface area contributed by atoms with Crippen LogP contribution in [-0.4, -0.2) is 9.97 Å². The van der Waals surface area contributed by atoms with Crippen molar-refractivity contribution < 1.29 is 0 Å². The molecule has 0 spiro atoms. The molecule has 30 heavy (non-hydrogen) atoms. The maximum atomic E-state index is 12.1. The van der Waals surface area contributed by atoms with Crippen LogP contribution < -0.4 is 5.56 Å². The number of aromatic amines is 1. The third kappa shape index (κ3) is 6.96. The highest BCUT2D eigenvalue weighted by Crippen LogP contribution is 2.35. The molecule has 2 heterocycles. The van der Waals surface area contributed by atoms with Gasteiger partial charge in [-0.2, -0.15) is 0 Å². The highest BCUT2D eigenvalue weighted by molar-refractivity contribution is 7.15. The standard InChI is InChI=1S/C22H25ClN2OS.C3H8/c1-6-10-14(4)19(13-16(23)7-2)17(8-3)20-15(5)27-22(25-20)18-11-9-12-24-21(18)26;1-3-2/h7-9,11-13H,2,6,10H2,1,3-5H3,(H,24,26);3H2,1-2H3/b16-13+,17-8+,19-14-;. The lowest BCUT2D eigenvalue weighted by Crippen LogP contribution is -2.06. The van der Waals surface area contributed by atoms with E-state index in [2.05, 4.69) is 45.3 Å². The molecule has 0 saturated carbocycles. The van der Waals surface area contributed by atoms with Crippen molar-refractivity contribution in [2.24, 2.45) is 0 Å². The minimum Gasteiger partial charge on any atom is -0.329 e. The van der Waals surface area contributed by atoms with Crippen LogP contribution >= 0.6 is 22.9 Å². The molecule has 2 aromatic heterocycles. The third-order valence-corrected chi connectivity index (χ3v) is 5.51. The minimum absolute atomic E-state index is 0.132. The second-order valence-corrected chi connectivity index (χ2v) is 8.56. The van der Waals surface area contributed by atoms with E-state index in [-0.39, 0.29) is 5.56 Å². The average Bonchev–Trinajstić information content (AvgIpc) is 3.10. The molecule has 2 aromatic rings. The summed E-state index contributed by atoms with van der Waals surface area (Å²) in [6.07, 6.45) is 10.5. The second kappa shape index (κ2) is 13.2. The van der Waals surface area contributed by atoms with E-state index in [1.165, 1.54) is 23.3 Å². The number of hydrogen-bond donors (Lipinski definition) is 1. The van der Waals surface area contributed by atoms with Crippen LogP contribution in [0.2, 0.25) is 0 Å². The highest BCUT2D eigenvalue weighted by atomic mass is 35.5. The van der Waals surface area contributed by atoms with Crippen LogP contribution in [0, 0.1) is 6.92 Å². The quantitative estimate of drug-likeness (QED) is 0.439. The predicted octanol–water partition coefficient (Wildman–Crippen LogP) is 8.05. The van der Waals surface area contributed by atoms with Crippen molar-refractivity contribution in [1.82, 2.24) is 9.97 Å². The molecule has 5 heteroatoms. The summed E-state index contributed by atoms with van der Waals surface area (Å²) in [6, 6.07) is 3.61. The van der Waals surface area contributed by atoms with Crippen LogP contribution in [0.15, 0.2) is 64.1 Å². The zero-order valence-electron chi connectivity index (χ0n) is 18.9. The summed E-state index contributed by atoms with van der Waals surface area (Å²) in [5.74, 6) is 0. The summed E-state index contributed by atoms with van der Waals surface area (Å²) in [7, 11) is 0. The molecule has 1 N–H and O–H groups in total. The highest BCUT2D eigenvalue weighted by Gasteiger charge is 2.18. The number of H-pyrrole nitrogens is 1. The molecule has 0 unspecified atom stereocenters. The Morgan fingerprint density at radius 2 is 2.00 bits per heavy atom. The number of nitrogens with one attached hydrogen (secondary N) is 1. The Morgan fingerprint density at radius 3 is 2.53 bits per heavy atom. The molecule has 0 atom stereocenters. The molecule has 0 aliphatic carbocycles. The molecule has 0 aliphatic heterocycles. The summed E-state index contributed by atoms with van der Waals surface area (Å²) in [5, 5.41) is 1.31. The van der Waals surface area contributed by atoms with E-state index in [9.17, 15) is 4.79 Å². The topological polar surface area (TPSA) is 45.8 Å². The van der Waals surface area contributed by atoms with Gasteiger partial charge in [-0.25, -0.2) is 4.98 Å². The largest absolute Gasteiger partial charge is 0.329 e. The maximum Gasteiger partial charge on any atom is 0.258 e. The van der Waals surface area contributed by atoms with Crippen molar-refractivity contribution in [2.45, 2.75) is 60.8 Å². The fourth-order valence-corrected chi connectivity index (χ4v) is 3.97. The van der Waals surface area contributed by atoms with Crippen molar-refractivity contribution >= 4 is 28.5 Å². The first kappa shape index (κ1) is 25.9. The van der Waals surface area contributed by atoms with E-state index in [1.807, 2.05) is 26.0 Å². The molecule has 0 bridgehead atoms. The Labute approximate surface area is 189 Å². The number of rotatable bonds is 7. The summed E-state index contributed by atoms with van der Waals surface area (Å²) >= 11 is 7.80. The number of aryl methyl sites for hydroxylation is 1. The number of nitrogens with zero attached hydrogens (tertiary/aromatic N) is 1. The van der Waals surface area contributed by atoms with Crippen LogP contribution in [0.5, 0.6) is 0 Å². The summed E-state index contributed by atoms with van der Waals surface area (Å²) in [5.41, 5.74) is 4.67. The van der Waals surface area contributed by atoms with Crippen LogP contribution in [-0.2, 0) is 0 Å². The molecule has 0 aromatic carbocycles. The molecule has 0 amide bonds. The van der Waals surface area contributed by atoms with Crippen molar-refractivity contribution in [1.29, 1.82) is 0 Å². The average molecular weight is 445 g/mol. The van der Waals surface area contributed by atoms with E-state index in [1.54, 1.807) is 18.3 Å². The van der Waals surface area contributed by atoms with Crippen molar-refractivity contribution in [3.05, 3.63) is 80.2 Å². The van der Waals surface area contributed by atoms with Crippen LogP contribution in [0.4, 0.5) is 0 Å². The number of halogens is 1. The number of allylic oxidation sites excluding steroid dienone is 7. The van der Waals surface area contributed by atoms with Crippen molar-refractivity contribution in [3.63, 3.8) is 0 Å². The Morgan fingerprint density at radius 1 is 1.33 bits per heavy atom. The van der Waals surface area contributed by atoms with Crippen molar-refractivity contribution in [3.8, 4) is 10.6 Å². The number of pyridine rings is 1. The third-order valence-electron chi connectivity index (χ3n) is 4.24. The van der Waals surface area contributed by atoms with Gasteiger partial charge in [-0.1, -0.05) is 69.5 Å². The molecule has 3 nitrogen and oxygen atoms in total. The van der Waals surface area contributed by atoms with E-state index in [0.717, 1.165) is 39.6 Å². The fraction of sp³-hybridized carbons (Fsp3) is 0.360. The smallest absolute Gasteiger partial charge is 0.258 e. The number of aromatic nitrogens is 2. The fourth-order valence-electron chi connectivity index (χ4n) is 2.91. The Hall–Kier alpha value is -2.17. The number of thiazole rings is 1. The maximum absolute atomic E-state index is 12.1. The van der Waals surface area contributed by atoms with Gasteiger partial charge in [0.1, 0.15) is 5.01 Å². The molecular weight excluding hydrogens is 412 g/mol. The summed E-state index contributed by atoms with van der Waals surface area (Å²) in [4.78, 5) is 20.7. The Balaban J connectivity index is 0.00000141. The zero-order chi connectivity index (χ0) is 22.7. The van der Waals surface area contributed by atoms with Gasteiger partial charge in [0, 0.05) is 21.7 Å². The minimum atomic E-state index is -0.132. The summed E-state index contributed by atoms with van der Waals surface area (Å²) < 4.78 is 0. The molecule has 0 radical (unpaired) electrons. The van der Waals surface area contributed by atoms with Gasteiger partial charge in [-0.15, -0.1) is 11.3 Å². The van der Waals surface area contributed by atoms with Gasteiger partial charge in [-0.3, -0.25) is 4.79 Å². The first-order chi connectivity index (χ1) is 14.3. The van der Waals surface area contributed by atoms with Gasteiger partial charge in [-0.05, 0) is 51.0 Å². The van der Waals surface area contributed by atoms with Gasteiger partial charge in [0.2, 0.25) is 0 Å². The molecule has 162 valence electrons. The molecular formula is C25H33ClN2OS. The lowest BCUT2D eigenvalue weighted by Gasteiger charge is -2.12. The lowest BCUT2D eigenvalue weighted by atomic mass is 9.94. The van der Waals surface area contributed by atoms with E-state index in [4.69, 9.17) is 16.6 Å². The first-order valence-corrected chi connectivity index (χ1v) is 11.6. The SMILES string of the molecule is C=C\C(Cl)=C/C(=C(\C)CCC)C(=C\C)/c1nc(-c2ccc[nH]c2=O)sc1C.CCC.